The third-order valence-corrected chi connectivity index (χ3v) is 3.31. The van der Waals surface area contributed by atoms with Crippen LogP contribution in [-0.2, 0) is 4.79 Å². The maximum absolute atomic E-state index is 11.9. The van der Waals surface area contributed by atoms with E-state index in [0.29, 0.717) is 10.9 Å². The fraction of sp³-hybridized carbons (Fsp3) is 0.429. The lowest BCUT2D eigenvalue weighted by Crippen LogP contribution is -2.33. The molecule has 0 fully saturated rings. The molecule has 5 nitrogen and oxygen atoms in total. The number of rotatable bonds is 6. The van der Waals surface area contributed by atoms with Gasteiger partial charge in [-0.15, -0.1) is 0 Å². The number of carbonyl (C=O) groups excluding carboxylic acids is 1. The second-order valence-electron chi connectivity index (χ2n) is 5.04. The molecule has 0 saturated carbocycles. The van der Waals surface area contributed by atoms with E-state index in [2.05, 4.69) is 21.2 Å². The largest absolute Gasteiger partial charge is 0.507 e. The van der Waals surface area contributed by atoms with Gasteiger partial charge in [0.25, 0.3) is 5.91 Å². The molecule has 1 unspecified atom stereocenters. The fourth-order valence-electron chi connectivity index (χ4n) is 1.85. The summed E-state index contributed by atoms with van der Waals surface area (Å²) < 4.78 is 0.662. The number of carboxylic acid groups (broad SMARTS) is 1. The molecule has 0 aliphatic heterocycles. The van der Waals surface area contributed by atoms with Crippen molar-refractivity contribution in [2.75, 3.05) is 6.54 Å². The minimum atomic E-state index is -0.931. The van der Waals surface area contributed by atoms with Crippen LogP contribution in [0.25, 0.3) is 0 Å². The van der Waals surface area contributed by atoms with Gasteiger partial charge in [0.15, 0.2) is 0 Å². The van der Waals surface area contributed by atoms with Crippen molar-refractivity contribution >= 4 is 27.8 Å². The van der Waals surface area contributed by atoms with Gasteiger partial charge in [0.1, 0.15) is 5.75 Å². The zero-order valence-electron chi connectivity index (χ0n) is 11.4. The van der Waals surface area contributed by atoms with Crippen LogP contribution in [0.4, 0.5) is 0 Å². The van der Waals surface area contributed by atoms with Crippen molar-refractivity contribution in [3.8, 4) is 5.75 Å². The van der Waals surface area contributed by atoms with Crippen LogP contribution in [0, 0.1) is 11.8 Å². The fourth-order valence-corrected chi connectivity index (χ4v) is 2.20. The molecule has 0 aromatic heterocycles. The van der Waals surface area contributed by atoms with Crippen molar-refractivity contribution in [3.63, 3.8) is 0 Å². The number of amides is 1. The number of hydrogen-bond acceptors (Lipinski definition) is 3. The molecule has 0 saturated heterocycles. The van der Waals surface area contributed by atoms with Gasteiger partial charge < -0.3 is 15.5 Å². The van der Waals surface area contributed by atoms with E-state index in [0.717, 1.165) is 0 Å². The molecular formula is C14H18BrNO4. The summed E-state index contributed by atoms with van der Waals surface area (Å²) in [5.74, 6) is -1.96. The van der Waals surface area contributed by atoms with Crippen LogP contribution in [0.15, 0.2) is 22.7 Å². The highest BCUT2D eigenvalue weighted by Gasteiger charge is 2.20. The molecule has 0 radical (unpaired) electrons. The molecule has 1 amide bonds. The lowest BCUT2D eigenvalue weighted by molar-refractivity contribution is -0.142. The van der Waals surface area contributed by atoms with Crippen molar-refractivity contribution in [3.05, 3.63) is 28.2 Å². The Hall–Kier alpha value is -1.56. The van der Waals surface area contributed by atoms with Crippen LogP contribution in [-0.4, -0.2) is 28.6 Å². The standard InChI is InChI=1S/C14H18BrNO4/c1-8(2)5-9(14(19)20)7-16-13(18)11-4-3-10(15)6-12(11)17/h3-4,6,8-9,17H,5,7H2,1-2H3,(H,16,18)(H,19,20). The van der Waals surface area contributed by atoms with E-state index in [1.807, 2.05) is 13.8 Å². The van der Waals surface area contributed by atoms with E-state index in [9.17, 15) is 14.7 Å². The van der Waals surface area contributed by atoms with Gasteiger partial charge >= 0.3 is 5.97 Å². The Morgan fingerprint density at radius 1 is 1.35 bits per heavy atom. The smallest absolute Gasteiger partial charge is 0.308 e. The van der Waals surface area contributed by atoms with Crippen molar-refractivity contribution in [1.29, 1.82) is 0 Å². The number of nitrogens with one attached hydrogen (secondary N) is 1. The van der Waals surface area contributed by atoms with Crippen LogP contribution in [0.3, 0.4) is 0 Å². The summed E-state index contributed by atoms with van der Waals surface area (Å²) >= 11 is 3.18. The number of hydrogen-bond donors (Lipinski definition) is 3. The van der Waals surface area contributed by atoms with Crippen molar-refractivity contribution < 1.29 is 19.8 Å². The quantitative estimate of drug-likeness (QED) is 0.740. The van der Waals surface area contributed by atoms with Crippen molar-refractivity contribution in [1.82, 2.24) is 5.32 Å². The van der Waals surface area contributed by atoms with Crippen LogP contribution >= 0.6 is 15.9 Å². The minimum Gasteiger partial charge on any atom is -0.507 e. The lowest BCUT2D eigenvalue weighted by atomic mass is 9.97. The van der Waals surface area contributed by atoms with Gasteiger partial charge in [-0.25, -0.2) is 0 Å². The predicted octanol–water partition coefficient (Wildman–Crippen LogP) is 2.63. The van der Waals surface area contributed by atoms with Crippen LogP contribution in [0.1, 0.15) is 30.6 Å². The van der Waals surface area contributed by atoms with E-state index in [-0.39, 0.29) is 23.8 Å². The van der Waals surface area contributed by atoms with Crippen molar-refractivity contribution in [2.45, 2.75) is 20.3 Å². The topological polar surface area (TPSA) is 86.6 Å². The maximum Gasteiger partial charge on any atom is 0.308 e. The molecule has 0 heterocycles. The van der Waals surface area contributed by atoms with Crippen LogP contribution in [0.5, 0.6) is 5.75 Å². The summed E-state index contributed by atoms with van der Waals surface area (Å²) in [5, 5.41) is 21.3. The van der Waals surface area contributed by atoms with Gasteiger partial charge in [-0.2, -0.15) is 0 Å². The first-order valence-electron chi connectivity index (χ1n) is 6.30. The molecule has 0 spiro atoms. The van der Waals surface area contributed by atoms with Crippen LogP contribution < -0.4 is 5.32 Å². The first-order chi connectivity index (χ1) is 9.31. The maximum atomic E-state index is 11.9. The van der Waals surface area contributed by atoms with E-state index in [1.165, 1.54) is 12.1 Å². The minimum absolute atomic E-state index is 0.0435. The molecule has 1 aromatic carbocycles. The number of carbonyl (C=O) groups is 2. The average Bonchev–Trinajstić information content (AvgIpc) is 2.33. The molecule has 20 heavy (non-hydrogen) atoms. The number of phenols is 1. The average molecular weight is 344 g/mol. The van der Waals surface area contributed by atoms with Gasteiger partial charge in [-0.1, -0.05) is 29.8 Å². The van der Waals surface area contributed by atoms with Crippen LogP contribution in [0.2, 0.25) is 0 Å². The second kappa shape index (κ2) is 7.28. The SMILES string of the molecule is CC(C)CC(CNC(=O)c1ccc(Br)cc1O)C(=O)O. The summed E-state index contributed by atoms with van der Waals surface area (Å²) in [6.45, 7) is 3.90. The predicted molar refractivity (Wildman–Crippen MR) is 78.7 cm³/mol. The highest BCUT2D eigenvalue weighted by atomic mass is 79.9. The molecule has 110 valence electrons. The molecule has 1 rings (SSSR count). The van der Waals surface area contributed by atoms with Crippen molar-refractivity contribution in [2.24, 2.45) is 11.8 Å². The molecule has 1 atom stereocenters. The molecule has 0 aliphatic rings. The van der Waals surface area contributed by atoms with E-state index >= 15 is 0 Å². The lowest BCUT2D eigenvalue weighted by Gasteiger charge is -2.15. The van der Waals surface area contributed by atoms with Gasteiger partial charge in [0.2, 0.25) is 0 Å². The van der Waals surface area contributed by atoms with E-state index < -0.39 is 17.8 Å². The Morgan fingerprint density at radius 3 is 2.50 bits per heavy atom. The van der Waals surface area contributed by atoms with Gasteiger partial charge in [0, 0.05) is 11.0 Å². The summed E-state index contributed by atoms with van der Waals surface area (Å²) in [6, 6.07) is 4.53. The highest BCUT2D eigenvalue weighted by Crippen LogP contribution is 2.22. The Kier molecular flexibility index (Phi) is 6.01. The summed E-state index contributed by atoms with van der Waals surface area (Å²) in [4.78, 5) is 23.0. The highest BCUT2D eigenvalue weighted by molar-refractivity contribution is 9.10. The number of carboxylic acids is 1. The number of benzene rings is 1. The molecule has 0 aliphatic carbocycles. The van der Waals surface area contributed by atoms with Gasteiger partial charge in [-0.3, -0.25) is 9.59 Å². The Bertz CT molecular complexity index is 502. The van der Waals surface area contributed by atoms with E-state index in [4.69, 9.17) is 5.11 Å². The third-order valence-electron chi connectivity index (χ3n) is 2.82. The molecule has 1 aromatic rings. The monoisotopic (exact) mass is 343 g/mol. The first-order valence-corrected chi connectivity index (χ1v) is 7.10. The summed E-state index contributed by atoms with van der Waals surface area (Å²) in [6.07, 6.45) is 0.488. The third kappa shape index (κ3) is 4.85. The van der Waals surface area contributed by atoms with E-state index in [1.54, 1.807) is 6.07 Å². The second-order valence-corrected chi connectivity index (χ2v) is 5.95. The molecule has 3 N–H and O–H groups in total. The summed E-state index contributed by atoms with van der Waals surface area (Å²) in [7, 11) is 0. The van der Waals surface area contributed by atoms with Gasteiger partial charge in [-0.05, 0) is 30.5 Å². The Balaban J connectivity index is 2.68. The van der Waals surface area contributed by atoms with Gasteiger partial charge in [0.05, 0.1) is 11.5 Å². The number of halogens is 1. The molecule has 6 heteroatoms. The molecule has 0 bridgehead atoms. The molecular weight excluding hydrogens is 326 g/mol. The zero-order valence-corrected chi connectivity index (χ0v) is 13.0. The first kappa shape index (κ1) is 16.5. The number of aromatic hydroxyl groups is 1. The number of phenolic OH excluding ortho intramolecular Hbond substituents is 1. The summed E-state index contributed by atoms with van der Waals surface area (Å²) in [5.41, 5.74) is 0.127. The number of aliphatic carboxylic acids is 1. The Morgan fingerprint density at radius 2 is 2.00 bits per heavy atom. The normalized spacial score (nSPS) is 12.2. The Labute approximate surface area is 126 Å². The zero-order chi connectivity index (χ0) is 15.3.